The summed E-state index contributed by atoms with van der Waals surface area (Å²) in [5.74, 6) is -0.744. The number of methoxy groups -OCH3 is 1. The van der Waals surface area contributed by atoms with Crippen LogP contribution in [0.25, 0.3) is 0 Å². The zero-order chi connectivity index (χ0) is 18.6. The van der Waals surface area contributed by atoms with Crippen molar-refractivity contribution in [2.45, 2.75) is 45.4 Å². The molecule has 2 N–H and O–H groups in total. The van der Waals surface area contributed by atoms with E-state index in [0.717, 1.165) is 17.5 Å². The highest BCUT2D eigenvalue weighted by Crippen LogP contribution is 2.28. The third-order valence-electron chi connectivity index (χ3n) is 4.28. The highest BCUT2D eigenvalue weighted by Gasteiger charge is 2.43. The molecular weight excluding hydrogens is 326 g/mol. The molecule has 1 aromatic rings. The van der Waals surface area contributed by atoms with Crippen LogP contribution in [-0.4, -0.2) is 55.6 Å². The second-order valence-corrected chi connectivity index (χ2v) is 6.13. The number of carboxylic acids is 1. The van der Waals surface area contributed by atoms with E-state index in [9.17, 15) is 9.59 Å². The van der Waals surface area contributed by atoms with Gasteiger partial charge in [-0.25, -0.2) is 4.79 Å². The van der Waals surface area contributed by atoms with Crippen LogP contribution >= 0.6 is 0 Å². The topological polar surface area (TPSA) is 94.1 Å². The first-order chi connectivity index (χ1) is 11.9. The molecular formula is C18H25NO6. The van der Waals surface area contributed by atoms with Crippen LogP contribution in [0.4, 0.5) is 0 Å². The number of hydrogen-bond donors (Lipinski definition) is 2. The van der Waals surface area contributed by atoms with Crippen molar-refractivity contribution >= 4 is 11.9 Å². The van der Waals surface area contributed by atoms with Crippen LogP contribution in [0.15, 0.2) is 12.1 Å². The number of nitrogens with one attached hydrogen (secondary N) is 1. The van der Waals surface area contributed by atoms with E-state index in [1.165, 1.54) is 0 Å². The van der Waals surface area contributed by atoms with E-state index in [1.807, 2.05) is 6.92 Å². The number of carboxylic acid groups (broad SMARTS) is 1. The number of amides is 1. The first-order valence-corrected chi connectivity index (χ1v) is 8.28. The molecule has 1 amide bonds. The second-order valence-electron chi connectivity index (χ2n) is 6.13. The number of ether oxygens (including phenoxy) is 3. The molecule has 0 bridgehead atoms. The number of rotatable bonds is 8. The molecule has 1 fully saturated rings. The average Bonchev–Trinajstić information content (AvgIpc) is 2.52. The molecule has 3 atom stereocenters. The van der Waals surface area contributed by atoms with Crippen molar-refractivity contribution in [2.24, 2.45) is 0 Å². The van der Waals surface area contributed by atoms with Crippen molar-refractivity contribution in [3.63, 3.8) is 0 Å². The zero-order valence-corrected chi connectivity index (χ0v) is 15.0. The summed E-state index contributed by atoms with van der Waals surface area (Å²) < 4.78 is 16.2. The monoisotopic (exact) mass is 351 g/mol. The van der Waals surface area contributed by atoms with Gasteiger partial charge in [0.1, 0.15) is 11.9 Å². The van der Waals surface area contributed by atoms with Gasteiger partial charge in [-0.2, -0.15) is 0 Å². The molecule has 1 aliphatic carbocycles. The Kier molecular flexibility index (Phi) is 6.39. The van der Waals surface area contributed by atoms with E-state index in [2.05, 4.69) is 5.32 Å². The number of aliphatic carboxylic acids is 1. The Balaban J connectivity index is 2.04. The third-order valence-corrected chi connectivity index (χ3v) is 4.28. The Labute approximate surface area is 147 Å². The van der Waals surface area contributed by atoms with Crippen molar-refractivity contribution in [1.29, 1.82) is 0 Å². The van der Waals surface area contributed by atoms with Gasteiger partial charge in [-0.1, -0.05) is 0 Å². The number of hydrogen-bond acceptors (Lipinski definition) is 5. The molecule has 0 saturated heterocycles. The molecule has 2 rings (SSSR count). The van der Waals surface area contributed by atoms with Crippen LogP contribution in [0.2, 0.25) is 0 Å². The summed E-state index contributed by atoms with van der Waals surface area (Å²) in [7, 11) is 1.61. The van der Waals surface area contributed by atoms with Crippen molar-refractivity contribution in [3.8, 4) is 5.75 Å². The van der Waals surface area contributed by atoms with Crippen LogP contribution in [0.3, 0.4) is 0 Å². The predicted octanol–water partition coefficient (Wildman–Crippen LogP) is 1.69. The lowest BCUT2D eigenvalue weighted by Crippen LogP contribution is -2.61. The second kappa shape index (κ2) is 8.31. The Bertz CT molecular complexity index is 621. The molecule has 0 radical (unpaired) electrons. The van der Waals surface area contributed by atoms with E-state index < -0.39 is 12.6 Å². The third kappa shape index (κ3) is 4.49. The summed E-state index contributed by atoms with van der Waals surface area (Å²) in [5, 5.41) is 11.7. The number of carbonyl (C=O) groups excluding carboxylic acids is 1. The SMILES string of the molecule is CCOC1CC(NC(=O)c2cc(C)c(OCC(=O)O)c(C)c2)C1OC. The number of benzene rings is 1. The first kappa shape index (κ1) is 19.2. The lowest BCUT2D eigenvalue weighted by Gasteiger charge is -2.43. The van der Waals surface area contributed by atoms with Gasteiger partial charge in [-0.15, -0.1) is 0 Å². The minimum Gasteiger partial charge on any atom is -0.481 e. The highest BCUT2D eigenvalue weighted by atomic mass is 16.5. The van der Waals surface area contributed by atoms with Gasteiger partial charge in [-0.05, 0) is 50.5 Å². The molecule has 1 aromatic carbocycles. The Morgan fingerprint density at radius 2 is 1.92 bits per heavy atom. The summed E-state index contributed by atoms with van der Waals surface area (Å²) in [6, 6.07) is 3.30. The quantitative estimate of drug-likeness (QED) is 0.740. The molecule has 7 nitrogen and oxygen atoms in total. The van der Waals surface area contributed by atoms with Gasteiger partial charge in [0.2, 0.25) is 0 Å². The molecule has 0 aromatic heterocycles. The van der Waals surface area contributed by atoms with Crippen molar-refractivity contribution < 1.29 is 28.9 Å². The maximum atomic E-state index is 12.5. The molecule has 0 spiro atoms. The van der Waals surface area contributed by atoms with Gasteiger partial charge in [-0.3, -0.25) is 4.79 Å². The molecule has 7 heteroatoms. The lowest BCUT2D eigenvalue weighted by atomic mass is 9.85. The molecule has 138 valence electrons. The largest absolute Gasteiger partial charge is 0.481 e. The average molecular weight is 351 g/mol. The van der Waals surface area contributed by atoms with Gasteiger partial charge in [0.25, 0.3) is 5.91 Å². The van der Waals surface area contributed by atoms with Crippen molar-refractivity contribution in [3.05, 3.63) is 28.8 Å². The van der Waals surface area contributed by atoms with E-state index in [1.54, 1.807) is 33.1 Å². The predicted molar refractivity (Wildman–Crippen MR) is 91.1 cm³/mol. The zero-order valence-electron chi connectivity index (χ0n) is 15.0. The lowest BCUT2D eigenvalue weighted by molar-refractivity contribution is -0.139. The van der Waals surface area contributed by atoms with Crippen LogP contribution in [0.5, 0.6) is 5.75 Å². The normalized spacial score (nSPS) is 22.2. The smallest absolute Gasteiger partial charge is 0.341 e. The standard InChI is InChI=1S/C18H25NO6/c1-5-24-14-8-13(17(14)23-4)19-18(22)12-6-10(2)16(11(3)7-12)25-9-15(20)21/h6-7,13-14,17H,5,8-9H2,1-4H3,(H,19,22)(H,20,21). The molecule has 0 aliphatic heterocycles. The summed E-state index contributed by atoms with van der Waals surface area (Å²) >= 11 is 0. The van der Waals surface area contributed by atoms with E-state index >= 15 is 0 Å². The minimum absolute atomic E-state index is 0.00978. The van der Waals surface area contributed by atoms with Crippen LogP contribution in [0, 0.1) is 13.8 Å². The fourth-order valence-corrected chi connectivity index (χ4v) is 3.11. The Hall–Kier alpha value is -2.12. The van der Waals surface area contributed by atoms with Gasteiger partial charge >= 0.3 is 5.97 Å². The summed E-state index contributed by atoms with van der Waals surface area (Å²) in [6.45, 7) is 5.70. The van der Waals surface area contributed by atoms with Gasteiger partial charge in [0.15, 0.2) is 6.61 Å². The van der Waals surface area contributed by atoms with E-state index in [-0.39, 0.29) is 24.2 Å². The number of carbonyl (C=O) groups is 2. The van der Waals surface area contributed by atoms with E-state index in [4.69, 9.17) is 19.3 Å². The van der Waals surface area contributed by atoms with Crippen molar-refractivity contribution in [1.82, 2.24) is 5.32 Å². The van der Waals surface area contributed by atoms with Crippen LogP contribution < -0.4 is 10.1 Å². The Morgan fingerprint density at radius 3 is 2.44 bits per heavy atom. The van der Waals surface area contributed by atoms with Crippen LogP contribution in [0.1, 0.15) is 34.8 Å². The molecule has 1 saturated carbocycles. The summed E-state index contributed by atoms with van der Waals surface area (Å²) in [5.41, 5.74) is 1.94. The van der Waals surface area contributed by atoms with Crippen LogP contribution in [-0.2, 0) is 14.3 Å². The van der Waals surface area contributed by atoms with Gasteiger partial charge in [0.05, 0.1) is 12.1 Å². The summed E-state index contributed by atoms with van der Waals surface area (Å²) in [4.78, 5) is 23.2. The fourth-order valence-electron chi connectivity index (χ4n) is 3.11. The maximum absolute atomic E-state index is 12.5. The maximum Gasteiger partial charge on any atom is 0.341 e. The van der Waals surface area contributed by atoms with Gasteiger partial charge < -0.3 is 24.6 Å². The summed E-state index contributed by atoms with van der Waals surface area (Å²) in [6.07, 6.45) is 0.579. The molecule has 3 unspecified atom stereocenters. The van der Waals surface area contributed by atoms with Crippen molar-refractivity contribution in [2.75, 3.05) is 20.3 Å². The number of aryl methyl sites for hydroxylation is 2. The minimum atomic E-state index is -1.04. The molecule has 1 aliphatic rings. The molecule has 0 heterocycles. The first-order valence-electron chi connectivity index (χ1n) is 8.28. The van der Waals surface area contributed by atoms with Gasteiger partial charge in [0, 0.05) is 19.3 Å². The van der Waals surface area contributed by atoms with E-state index in [0.29, 0.717) is 17.9 Å². The highest BCUT2D eigenvalue weighted by molar-refractivity contribution is 5.95. The molecule has 25 heavy (non-hydrogen) atoms. The Morgan fingerprint density at radius 1 is 1.28 bits per heavy atom. The fraction of sp³-hybridized carbons (Fsp3) is 0.556.